The lowest BCUT2D eigenvalue weighted by Crippen LogP contribution is -2.21. The number of hydrogen-bond donors (Lipinski definition) is 4. The molecule has 0 rings (SSSR count). The Morgan fingerprint density at radius 2 is 1.19 bits per heavy atom. The lowest BCUT2D eigenvalue weighted by molar-refractivity contribution is -0.115. The number of hydrogen-bond acceptors (Lipinski definition) is 4. The van der Waals surface area contributed by atoms with Crippen LogP contribution in [0, 0.1) is 0 Å². The number of alkyl halides is 3. The molecule has 0 radical (unpaired) electrons. The molecule has 8 nitrogen and oxygen atoms in total. The van der Waals surface area contributed by atoms with Crippen LogP contribution in [0.15, 0.2) is 0 Å². The molecule has 0 aromatic carbocycles. The SMILES string of the molecule is CC(N)=O.NC(N)=O.O=S(=O)(O)C(F)(F)F. The van der Waals surface area contributed by atoms with Gasteiger partial charge in [0.1, 0.15) is 0 Å². The molecule has 0 saturated heterocycles. The molecule has 0 aliphatic carbocycles. The van der Waals surface area contributed by atoms with E-state index in [-0.39, 0.29) is 5.91 Å². The monoisotopic (exact) mass is 269 g/mol. The lowest BCUT2D eigenvalue weighted by Gasteiger charge is -1.97. The van der Waals surface area contributed by atoms with E-state index >= 15 is 0 Å². The maximum atomic E-state index is 10.7. The summed E-state index contributed by atoms with van der Waals surface area (Å²) in [7, 11) is -5.84. The zero-order valence-corrected chi connectivity index (χ0v) is 8.67. The van der Waals surface area contributed by atoms with Gasteiger partial charge in [-0.25, -0.2) is 4.79 Å². The molecule has 0 spiro atoms. The van der Waals surface area contributed by atoms with E-state index in [0.29, 0.717) is 0 Å². The van der Waals surface area contributed by atoms with Crippen LogP contribution >= 0.6 is 0 Å². The Kier molecular flexibility index (Phi) is 9.59. The Morgan fingerprint density at radius 1 is 1.12 bits per heavy atom. The molecule has 0 aliphatic heterocycles. The maximum Gasteiger partial charge on any atom is 0.522 e. The standard InChI is InChI=1S/C2H5NO.CHF3O3S.CH4N2O/c1-2(3)4;2-1(3,4)8(5,6)7;2-1(3)4/h1H3,(H2,3,4);(H,5,6,7);(H4,2,3,4). The highest BCUT2D eigenvalue weighted by molar-refractivity contribution is 7.86. The molecule has 0 atom stereocenters. The first kappa shape index (κ1) is 19.9. The van der Waals surface area contributed by atoms with Crippen LogP contribution in [-0.4, -0.2) is 30.4 Å². The first-order valence-corrected chi connectivity index (χ1v) is 4.50. The van der Waals surface area contributed by atoms with Crippen molar-refractivity contribution in [2.75, 3.05) is 0 Å². The van der Waals surface area contributed by atoms with Gasteiger partial charge in [0, 0.05) is 6.92 Å². The number of rotatable bonds is 0. The smallest absolute Gasteiger partial charge is 0.370 e. The second kappa shape index (κ2) is 7.70. The van der Waals surface area contributed by atoms with Crippen LogP contribution in [0.25, 0.3) is 0 Å². The molecule has 0 aromatic rings. The van der Waals surface area contributed by atoms with Gasteiger partial charge in [0.15, 0.2) is 0 Å². The van der Waals surface area contributed by atoms with Crippen molar-refractivity contribution in [3.63, 3.8) is 0 Å². The minimum Gasteiger partial charge on any atom is -0.370 e. The molecule has 98 valence electrons. The van der Waals surface area contributed by atoms with Crippen LogP contribution in [-0.2, 0) is 14.9 Å². The number of carbonyl (C=O) groups is 2. The van der Waals surface area contributed by atoms with Gasteiger partial charge < -0.3 is 17.2 Å². The molecule has 12 heteroatoms. The Labute approximate surface area is 88.3 Å². The topological polar surface area (TPSA) is 167 Å². The third kappa shape index (κ3) is 29.4. The molecule has 0 bridgehead atoms. The summed E-state index contributed by atoms with van der Waals surface area (Å²) in [5.41, 5.74) is 7.44. The predicted molar refractivity (Wildman–Crippen MR) is 46.2 cm³/mol. The summed E-state index contributed by atoms with van der Waals surface area (Å²) in [4.78, 5) is 18.2. The van der Waals surface area contributed by atoms with Gasteiger partial charge in [-0.2, -0.15) is 21.6 Å². The lowest BCUT2D eigenvalue weighted by atomic mass is 10.8. The minimum absolute atomic E-state index is 0.333. The molecular formula is C4H10F3N3O5S. The third-order valence-corrected chi connectivity index (χ3v) is 0.877. The van der Waals surface area contributed by atoms with E-state index in [9.17, 15) is 18.0 Å². The van der Waals surface area contributed by atoms with Crippen LogP contribution in [0.2, 0.25) is 0 Å². The summed E-state index contributed by atoms with van der Waals surface area (Å²) in [6, 6.07) is -0.833. The summed E-state index contributed by atoms with van der Waals surface area (Å²) in [5, 5.41) is 0. The van der Waals surface area contributed by atoms with Gasteiger partial charge in [-0.15, -0.1) is 0 Å². The van der Waals surface area contributed by atoms with E-state index in [0.717, 1.165) is 0 Å². The molecule has 16 heavy (non-hydrogen) atoms. The molecule has 7 N–H and O–H groups in total. The highest BCUT2D eigenvalue weighted by Crippen LogP contribution is 2.20. The van der Waals surface area contributed by atoms with Crippen LogP contribution in [0.1, 0.15) is 6.92 Å². The summed E-state index contributed by atoms with van der Waals surface area (Å²) in [6.07, 6.45) is 0. The van der Waals surface area contributed by atoms with E-state index in [2.05, 4.69) is 17.2 Å². The highest BCUT2D eigenvalue weighted by Gasteiger charge is 2.44. The first-order valence-electron chi connectivity index (χ1n) is 3.06. The fraction of sp³-hybridized carbons (Fsp3) is 0.500. The number of halogens is 3. The molecule has 0 aliphatic rings. The van der Waals surface area contributed by atoms with Crippen LogP contribution < -0.4 is 17.2 Å². The molecule has 0 fully saturated rings. The van der Waals surface area contributed by atoms with Crippen molar-refractivity contribution < 1.29 is 35.7 Å². The van der Waals surface area contributed by atoms with E-state index < -0.39 is 21.7 Å². The molecule has 0 unspecified atom stereocenters. The van der Waals surface area contributed by atoms with Crippen molar-refractivity contribution >= 4 is 22.1 Å². The molecule has 0 heterocycles. The van der Waals surface area contributed by atoms with Gasteiger partial charge in [-0.1, -0.05) is 0 Å². The quantitative estimate of drug-likeness (QED) is 0.323. The average Bonchev–Trinajstić information content (AvgIpc) is 1.76. The molecule has 0 saturated carbocycles. The molecule has 3 amide bonds. The zero-order chi connectivity index (χ0) is 14.2. The molecule has 0 aromatic heterocycles. The van der Waals surface area contributed by atoms with Gasteiger partial charge in [0.2, 0.25) is 5.91 Å². The van der Waals surface area contributed by atoms with Crippen molar-refractivity contribution in [2.24, 2.45) is 17.2 Å². The number of amides is 3. The summed E-state index contributed by atoms with van der Waals surface area (Å²) >= 11 is 0. The zero-order valence-electron chi connectivity index (χ0n) is 7.85. The van der Waals surface area contributed by atoms with E-state index in [4.69, 9.17) is 17.8 Å². The van der Waals surface area contributed by atoms with Crippen molar-refractivity contribution in [2.45, 2.75) is 12.4 Å². The largest absolute Gasteiger partial charge is 0.522 e. The van der Waals surface area contributed by atoms with Gasteiger partial charge >= 0.3 is 21.7 Å². The second-order valence-corrected chi connectivity index (χ2v) is 3.35. The van der Waals surface area contributed by atoms with E-state index in [1.807, 2.05) is 0 Å². The average molecular weight is 269 g/mol. The number of primary amides is 3. The van der Waals surface area contributed by atoms with Gasteiger partial charge in [0.05, 0.1) is 0 Å². The van der Waals surface area contributed by atoms with Gasteiger partial charge in [-0.05, 0) is 0 Å². The van der Waals surface area contributed by atoms with Crippen molar-refractivity contribution in [3.05, 3.63) is 0 Å². The van der Waals surface area contributed by atoms with Crippen molar-refractivity contribution in [1.29, 1.82) is 0 Å². The van der Waals surface area contributed by atoms with Crippen molar-refractivity contribution in [1.82, 2.24) is 0 Å². The predicted octanol–water partition coefficient (Wildman–Crippen LogP) is -1.09. The molecular weight excluding hydrogens is 259 g/mol. The fourth-order valence-corrected chi connectivity index (χ4v) is 0. The van der Waals surface area contributed by atoms with Gasteiger partial charge in [0.25, 0.3) is 0 Å². The maximum absolute atomic E-state index is 10.7. The third-order valence-electron chi connectivity index (χ3n) is 0.292. The Morgan fingerprint density at radius 3 is 1.19 bits per heavy atom. The minimum atomic E-state index is -5.84. The van der Waals surface area contributed by atoms with Crippen LogP contribution in [0.5, 0.6) is 0 Å². The normalized spacial score (nSPS) is 10.1. The van der Waals surface area contributed by atoms with Gasteiger partial charge in [-0.3, -0.25) is 9.35 Å². The Bertz CT molecular complexity index is 304. The van der Waals surface area contributed by atoms with Crippen molar-refractivity contribution in [3.8, 4) is 0 Å². The fourth-order valence-electron chi connectivity index (χ4n) is 0. The summed E-state index contributed by atoms with van der Waals surface area (Å²) < 4.78 is 57.5. The van der Waals surface area contributed by atoms with Crippen LogP contribution in [0.4, 0.5) is 18.0 Å². The van der Waals surface area contributed by atoms with E-state index in [1.54, 1.807) is 0 Å². The summed E-state index contributed by atoms with van der Waals surface area (Å²) in [5.74, 6) is -0.333. The number of urea groups is 1. The Hall–Kier alpha value is -1.56. The first-order chi connectivity index (χ1) is 6.71. The Balaban J connectivity index is -0.000000179. The van der Waals surface area contributed by atoms with E-state index in [1.165, 1.54) is 6.92 Å². The highest BCUT2D eigenvalue weighted by atomic mass is 32.2. The number of carbonyl (C=O) groups excluding carboxylic acids is 2. The summed E-state index contributed by atoms with van der Waals surface area (Å²) in [6.45, 7) is 1.31. The van der Waals surface area contributed by atoms with Crippen LogP contribution in [0.3, 0.4) is 0 Å². The number of nitrogens with two attached hydrogens (primary N) is 3. The second-order valence-electron chi connectivity index (χ2n) is 1.93.